The van der Waals surface area contributed by atoms with Crippen LogP contribution in [0.5, 0.6) is 5.75 Å². The van der Waals surface area contributed by atoms with Crippen molar-refractivity contribution in [3.05, 3.63) is 53.1 Å². The van der Waals surface area contributed by atoms with E-state index in [4.69, 9.17) is 16.3 Å². The Balaban J connectivity index is 1.63. The molecule has 1 heterocycles. The van der Waals surface area contributed by atoms with Crippen molar-refractivity contribution in [2.24, 2.45) is 0 Å². The lowest BCUT2D eigenvalue weighted by atomic mass is 10.1. The molecule has 0 atom stereocenters. The summed E-state index contributed by atoms with van der Waals surface area (Å²) in [6.07, 6.45) is 0.400. The average molecular weight is 431 g/mol. The number of benzene rings is 2. The smallest absolute Gasteiger partial charge is 0.224 e. The fourth-order valence-corrected chi connectivity index (χ4v) is 3.36. The van der Waals surface area contributed by atoms with Crippen molar-refractivity contribution in [1.29, 1.82) is 0 Å². The molecule has 2 aromatic carbocycles. The maximum Gasteiger partial charge on any atom is 0.224 e. The van der Waals surface area contributed by atoms with E-state index in [-0.39, 0.29) is 17.4 Å². The Bertz CT molecular complexity index is 1020. The molecule has 0 bridgehead atoms. The van der Waals surface area contributed by atoms with Crippen LogP contribution in [-0.4, -0.2) is 39.7 Å². The number of anilines is 1. The zero-order valence-electron chi connectivity index (χ0n) is 15.9. The van der Waals surface area contributed by atoms with E-state index in [9.17, 15) is 9.59 Å². The summed E-state index contributed by atoms with van der Waals surface area (Å²) in [6.45, 7) is 1.78. The van der Waals surface area contributed by atoms with Crippen molar-refractivity contribution in [3.8, 4) is 17.1 Å². The van der Waals surface area contributed by atoms with Crippen LogP contribution in [0.2, 0.25) is 5.02 Å². The maximum atomic E-state index is 12.4. The molecule has 0 spiro atoms. The quantitative estimate of drug-likeness (QED) is 0.404. The number of ketones is 1. The number of carbonyl (C=O) groups is 2. The van der Waals surface area contributed by atoms with Crippen LogP contribution in [0, 0.1) is 0 Å². The largest absolute Gasteiger partial charge is 0.496 e. The molecule has 3 rings (SSSR count). The Kier molecular flexibility index (Phi) is 6.90. The van der Waals surface area contributed by atoms with Gasteiger partial charge in [-0.25, -0.2) is 4.98 Å². The van der Waals surface area contributed by atoms with Crippen molar-refractivity contribution in [2.45, 2.75) is 18.5 Å². The number of aromatic nitrogens is 3. The van der Waals surface area contributed by atoms with E-state index in [1.807, 2.05) is 0 Å². The fourth-order valence-electron chi connectivity index (χ4n) is 2.50. The van der Waals surface area contributed by atoms with E-state index in [0.29, 0.717) is 45.0 Å². The third-order valence-electron chi connectivity index (χ3n) is 4.03. The van der Waals surface area contributed by atoms with Gasteiger partial charge in [0, 0.05) is 22.7 Å². The highest BCUT2D eigenvalue weighted by Gasteiger charge is 2.14. The van der Waals surface area contributed by atoms with Gasteiger partial charge < -0.3 is 10.1 Å². The first-order valence-electron chi connectivity index (χ1n) is 8.82. The lowest BCUT2D eigenvalue weighted by Crippen LogP contribution is -2.09. The van der Waals surface area contributed by atoms with E-state index < -0.39 is 0 Å². The molecule has 9 heteroatoms. The summed E-state index contributed by atoms with van der Waals surface area (Å²) in [4.78, 5) is 28.2. The summed E-state index contributed by atoms with van der Waals surface area (Å²) in [5.74, 6) is 1.18. The van der Waals surface area contributed by atoms with Gasteiger partial charge in [-0.3, -0.25) is 14.7 Å². The van der Waals surface area contributed by atoms with Crippen LogP contribution in [0.1, 0.15) is 23.7 Å². The number of hydrogen-bond donors (Lipinski definition) is 2. The van der Waals surface area contributed by atoms with Gasteiger partial charge in [0.25, 0.3) is 0 Å². The van der Waals surface area contributed by atoms with Gasteiger partial charge in [-0.2, -0.15) is 0 Å². The van der Waals surface area contributed by atoms with Crippen LogP contribution in [-0.2, 0) is 4.79 Å². The number of carbonyl (C=O) groups excluding carboxylic acids is 2. The lowest BCUT2D eigenvalue weighted by molar-refractivity contribution is -0.115. The van der Waals surface area contributed by atoms with Gasteiger partial charge in [0.1, 0.15) is 5.75 Å². The van der Waals surface area contributed by atoms with E-state index in [1.54, 1.807) is 56.5 Å². The molecule has 3 aromatic rings. The first kappa shape index (κ1) is 20.9. The zero-order chi connectivity index (χ0) is 20.8. The van der Waals surface area contributed by atoms with Crippen LogP contribution >= 0.6 is 23.4 Å². The molecule has 0 fully saturated rings. The molecule has 0 aliphatic heterocycles. The minimum Gasteiger partial charge on any atom is -0.496 e. The van der Waals surface area contributed by atoms with Crippen molar-refractivity contribution < 1.29 is 14.3 Å². The van der Waals surface area contributed by atoms with Crippen molar-refractivity contribution in [3.63, 3.8) is 0 Å². The van der Waals surface area contributed by atoms with Crippen LogP contribution in [0.3, 0.4) is 0 Å². The normalized spacial score (nSPS) is 10.6. The number of thioether (sulfide) groups is 1. The van der Waals surface area contributed by atoms with Crippen LogP contribution in [0.15, 0.2) is 47.6 Å². The highest BCUT2D eigenvalue weighted by atomic mass is 35.5. The summed E-state index contributed by atoms with van der Waals surface area (Å²) in [6, 6.07) is 12.0. The third-order valence-corrected chi connectivity index (χ3v) is 5.11. The second-order valence-corrected chi connectivity index (χ2v) is 7.38. The first-order valence-corrected chi connectivity index (χ1v) is 10.2. The molecule has 1 aromatic heterocycles. The topological polar surface area (TPSA) is 97.0 Å². The summed E-state index contributed by atoms with van der Waals surface area (Å²) >= 11 is 7.29. The van der Waals surface area contributed by atoms with Gasteiger partial charge in [0.15, 0.2) is 11.6 Å². The molecule has 0 radical (unpaired) electrons. The Labute approximate surface area is 177 Å². The van der Waals surface area contributed by atoms with Gasteiger partial charge in [0.2, 0.25) is 11.1 Å². The molecule has 0 aliphatic rings. The van der Waals surface area contributed by atoms with Gasteiger partial charge in [-0.05, 0) is 42.5 Å². The fraction of sp³-hybridized carbons (Fsp3) is 0.200. The molecule has 1 amide bonds. The highest BCUT2D eigenvalue weighted by Crippen LogP contribution is 2.31. The number of rotatable bonds is 8. The zero-order valence-corrected chi connectivity index (χ0v) is 17.4. The van der Waals surface area contributed by atoms with Crippen LogP contribution in [0.25, 0.3) is 11.4 Å². The number of nitrogens with one attached hydrogen (secondary N) is 2. The molecule has 0 saturated carbocycles. The number of H-pyrrole nitrogens is 1. The second-order valence-electron chi connectivity index (χ2n) is 6.00. The number of amides is 1. The minimum atomic E-state index is -0.0728. The molecule has 0 unspecified atom stereocenters. The third kappa shape index (κ3) is 5.36. The Morgan fingerprint density at radius 3 is 2.66 bits per heavy atom. The van der Waals surface area contributed by atoms with Crippen LogP contribution < -0.4 is 10.1 Å². The molecule has 29 heavy (non-hydrogen) atoms. The predicted octanol–water partition coefficient (Wildman–Crippen LogP) is 4.46. The summed E-state index contributed by atoms with van der Waals surface area (Å²) < 4.78 is 5.33. The highest BCUT2D eigenvalue weighted by molar-refractivity contribution is 7.99. The number of nitrogens with zero attached hydrogens (tertiary/aromatic N) is 2. The standard InChI is InChI=1S/C20H19ClN4O3S/c1-3-18(27)22-14-7-4-12(5-8-14)16(26)11-29-20-23-19(24-25-20)15-10-13(21)6-9-17(15)28-2/h4-10H,3,11H2,1-2H3,(H,22,27)(H,23,24,25). The summed E-state index contributed by atoms with van der Waals surface area (Å²) in [5, 5.41) is 10.7. The molecular formula is C20H19ClN4O3S. The average Bonchev–Trinajstić information content (AvgIpc) is 3.21. The van der Waals surface area contributed by atoms with E-state index in [0.717, 1.165) is 0 Å². The Hall–Kier alpha value is -2.84. The van der Waals surface area contributed by atoms with E-state index in [2.05, 4.69) is 20.5 Å². The number of ether oxygens (including phenoxy) is 1. The summed E-state index contributed by atoms with van der Waals surface area (Å²) in [5.41, 5.74) is 1.91. The van der Waals surface area contributed by atoms with Gasteiger partial charge in [0.05, 0.1) is 18.4 Å². The predicted molar refractivity (Wildman–Crippen MR) is 114 cm³/mol. The molecule has 7 nitrogen and oxygen atoms in total. The van der Waals surface area contributed by atoms with Crippen molar-refractivity contribution in [1.82, 2.24) is 15.2 Å². The molecule has 2 N–H and O–H groups in total. The van der Waals surface area contributed by atoms with Gasteiger partial charge >= 0.3 is 0 Å². The van der Waals surface area contributed by atoms with E-state index in [1.165, 1.54) is 11.8 Å². The van der Waals surface area contributed by atoms with Crippen LogP contribution in [0.4, 0.5) is 5.69 Å². The maximum absolute atomic E-state index is 12.4. The SMILES string of the molecule is CCC(=O)Nc1ccc(C(=O)CSc2n[nH]c(-c3cc(Cl)ccc3OC)n2)cc1. The number of halogens is 1. The first-order chi connectivity index (χ1) is 14.0. The Morgan fingerprint density at radius 2 is 1.97 bits per heavy atom. The van der Waals surface area contributed by atoms with Gasteiger partial charge in [-0.1, -0.05) is 30.3 Å². The van der Waals surface area contributed by atoms with E-state index >= 15 is 0 Å². The van der Waals surface area contributed by atoms with Crippen molar-refractivity contribution >= 4 is 40.7 Å². The Morgan fingerprint density at radius 1 is 1.21 bits per heavy atom. The van der Waals surface area contributed by atoms with Crippen molar-refractivity contribution in [2.75, 3.05) is 18.2 Å². The number of Topliss-reactive ketones (excluding diaryl/α,β-unsaturated/α-hetero) is 1. The minimum absolute atomic E-state index is 0.0601. The lowest BCUT2D eigenvalue weighted by Gasteiger charge is -2.05. The van der Waals surface area contributed by atoms with Gasteiger partial charge in [-0.15, -0.1) is 5.10 Å². The molecule has 0 aliphatic carbocycles. The molecule has 150 valence electrons. The number of aromatic amines is 1. The number of hydrogen-bond acceptors (Lipinski definition) is 6. The number of methoxy groups -OCH3 is 1. The second kappa shape index (κ2) is 9.58. The molecular weight excluding hydrogens is 412 g/mol. The monoisotopic (exact) mass is 430 g/mol. The summed E-state index contributed by atoms with van der Waals surface area (Å²) in [7, 11) is 1.57. The molecule has 0 saturated heterocycles.